The van der Waals surface area contributed by atoms with E-state index in [9.17, 15) is 15.2 Å². The first kappa shape index (κ1) is 25.8. The van der Waals surface area contributed by atoms with E-state index in [1.54, 1.807) is 26.1 Å². The van der Waals surface area contributed by atoms with Gasteiger partial charge in [0.25, 0.3) is 5.69 Å². The van der Waals surface area contributed by atoms with Crippen molar-refractivity contribution < 1.29 is 24.2 Å². The highest BCUT2D eigenvalue weighted by Gasteiger charge is 2.54. The van der Waals surface area contributed by atoms with Crippen LogP contribution in [0, 0.1) is 17.0 Å². The zero-order valence-electron chi connectivity index (χ0n) is 20.5. The fourth-order valence-corrected chi connectivity index (χ4v) is 4.88. The second-order valence-electron chi connectivity index (χ2n) is 8.71. The van der Waals surface area contributed by atoms with Crippen LogP contribution >= 0.6 is 11.6 Å². The van der Waals surface area contributed by atoms with Gasteiger partial charge < -0.3 is 24.2 Å². The maximum absolute atomic E-state index is 11.9. The Balaban J connectivity index is 1.96. The summed E-state index contributed by atoms with van der Waals surface area (Å²) in [6.07, 6.45) is -2.23. The van der Waals surface area contributed by atoms with Crippen LogP contribution < -0.4 is 9.64 Å². The number of aliphatic hydroxyl groups excluding tert-OH is 1. The molecule has 1 N–H and O–H groups in total. The molecule has 0 aliphatic carbocycles. The molecule has 1 aliphatic rings. The Labute approximate surface area is 212 Å². The minimum Gasteiger partial charge on any atom is -0.479 e. The smallest absolute Gasteiger partial charge is 0.270 e. The van der Waals surface area contributed by atoms with Crippen molar-refractivity contribution in [3.63, 3.8) is 0 Å². The van der Waals surface area contributed by atoms with Crippen molar-refractivity contribution in [3.8, 4) is 5.75 Å². The van der Waals surface area contributed by atoms with Gasteiger partial charge in [-0.15, -0.1) is 10.2 Å². The molecule has 0 saturated heterocycles. The summed E-state index contributed by atoms with van der Waals surface area (Å²) in [6.45, 7) is 3.67. The maximum Gasteiger partial charge on any atom is 0.270 e. The summed E-state index contributed by atoms with van der Waals surface area (Å²) >= 11 is 6.23. The number of aryl methyl sites for hydroxylation is 2. The van der Waals surface area contributed by atoms with Crippen molar-refractivity contribution in [2.75, 3.05) is 19.1 Å². The Morgan fingerprint density at radius 3 is 2.61 bits per heavy atom. The minimum atomic E-state index is -1.38. The lowest BCUT2D eigenvalue weighted by atomic mass is 9.83. The van der Waals surface area contributed by atoms with Gasteiger partial charge >= 0.3 is 0 Å². The molecule has 4 rings (SSSR count). The molecule has 1 aliphatic heterocycles. The molecular weight excluding hydrogens is 492 g/mol. The Kier molecular flexibility index (Phi) is 7.14. The van der Waals surface area contributed by atoms with E-state index >= 15 is 0 Å². The number of hydrogen-bond donors (Lipinski definition) is 1. The largest absolute Gasteiger partial charge is 0.479 e. The molecule has 13 heteroatoms. The van der Waals surface area contributed by atoms with Crippen LogP contribution in [0.15, 0.2) is 36.4 Å². The molecule has 192 valence electrons. The van der Waals surface area contributed by atoms with Crippen LogP contribution in [-0.2, 0) is 23.1 Å². The van der Waals surface area contributed by atoms with Gasteiger partial charge in [0, 0.05) is 42.6 Å². The minimum absolute atomic E-state index is 0.126. The highest BCUT2D eigenvalue weighted by molar-refractivity contribution is 6.30. The standard InChI is InChI=1S/C23H27ClN6O6/c1-13-10-14(24)6-8-17(13)29(12-19-25-27-28(3)26-19)20-16-11-15(30(32)33)7-9-18(16)36-23(2,21(20)31)22(34-4)35-5/h6-11,20-22,31H,12H2,1-5H3/t20-,21+,23-/m0/s1. The number of fused-ring (bicyclic) bond motifs is 1. The first-order chi connectivity index (χ1) is 17.1. The lowest BCUT2D eigenvalue weighted by Crippen LogP contribution is -2.62. The number of aliphatic hydroxyl groups is 1. The van der Waals surface area contributed by atoms with E-state index < -0.39 is 29.0 Å². The van der Waals surface area contributed by atoms with E-state index in [2.05, 4.69) is 15.4 Å². The number of hydrogen-bond acceptors (Lipinski definition) is 10. The lowest BCUT2D eigenvalue weighted by Gasteiger charge is -2.50. The molecule has 0 radical (unpaired) electrons. The molecule has 36 heavy (non-hydrogen) atoms. The number of nitrogens with zero attached hydrogens (tertiary/aromatic N) is 6. The molecule has 0 unspecified atom stereocenters. The Bertz CT molecular complexity index is 1270. The molecule has 0 bridgehead atoms. The summed E-state index contributed by atoms with van der Waals surface area (Å²) < 4.78 is 17.2. The Hall–Kier alpha value is -3.32. The zero-order chi connectivity index (χ0) is 26.2. The fraction of sp³-hybridized carbons (Fsp3) is 0.435. The van der Waals surface area contributed by atoms with E-state index in [-0.39, 0.29) is 12.2 Å². The average Bonchev–Trinajstić information content (AvgIpc) is 3.24. The number of anilines is 1. The first-order valence-electron chi connectivity index (χ1n) is 11.1. The van der Waals surface area contributed by atoms with Gasteiger partial charge in [0.05, 0.1) is 24.6 Å². The summed E-state index contributed by atoms with van der Waals surface area (Å²) in [4.78, 5) is 14.3. The summed E-state index contributed by atoms with van der Waals surface area (Å²) in [5, 5.41) is 36.4. The second-order valence-corrected chi connectivity index (χ2v) is 9.15. The third kappa shape index (κ3) is 4.60. The monoisotopic (exact) mass is 518 g/mol. The molecule has 2 aromatic carbocycles. The van der Waals surface area contributed by atoms with E-state index in [1.807, 2.05) is 17.9 Å². The van der Waals surface area contributed by atoms with Crippen LogP contribution in [-0.4, -0.2) is 62.5 Å². The Morgan fingerprint density at radius 2 is 2.03 bits per heavy atom. The van der Waals surface area contributed by atoms with Gasteiger partial charge in [0.1, 0.15) is 11.9 Å². The molecule has 0 fully saturated rings. The van der Waals surface area contributed by atoms with Crippen molar-refractivity contribution in [1.82, 2.24) is 20.2 Å². The number of nitro benzene ring substituents is 1. The van der Waals surface area contributed by atoms with E-state index in [0.29, 0.717) is 27.8 Å². The van der Waals surface area contributed by atoms with Crippen LogP contribution in [0.1, 0.15) is 29.9 Å². The quantitative estimate of drug-likeness (QED) is 0.269. The zero-order valence-corrected chi connectivity index (χ0v) is 21.2. The number of benzene rings is 2. The molecule has 0 amide bonds. The van der Waals surface area contributed by atoms with Crippen LogP contribution in [0.4, 0.5) is 11.4 Å². The molecule has 2 heterocycles. The number of rotatable bonds is 8. The van der Waals surface area contributed by atoms with Gasteiger partial charge in [-0.3, -0.25) is 10.1 Å². The normalized spacial score (nSPS) is 21.2. The van der Waals surface area contributed by atoms with Crippen molar-refractivity contribution >= 4 is 23.0 Å². The van der Waals surface area contributed by atoms with E-state index in [0.717, 1.165) is 5.56 Å². The number of ether oxygens (including phenoxy) is 3. The molecule has 3 atom stereocenters. The predicted octanol–water partition coefficient (Wildman–Crippen LogP) is 2.96. The van der Waals surface area contributed by atoms with Gasteiger partial charge in [0.15, 0.2) is 17.7 Å². The van der Waals surface area contributed by atoms with Gasteiger partial charge in [-0.2, -0.15) is 4.80 Å². The summed E-state index contributed by atoms with van der Waals surface area (Å²) in [5.41, 5.74) is 0.417. The summed E-state index contributed by atoms with van der Waals surface area (Å²) in [7, 11) is 4.54. The van der Waals surface area contributed by atoms with Crippen molar-refractivity contribution in [3.05, 3.63) is 68.5 Å². The number of non-ortho nitro benzene ring substituents is 1. The van der Waals surface area contributed by atoms with Crippen LogP contribution in [0.25, 0.3) is 0 Å². The average molecular weight is 519 g/mol. The van der Waals surface area contributed by atoms with Gasteiger partial charge in [-0.25, -0.2) is 0 Å². The maximum atomic E-state index is 11.9. The number of tetrazole rings is 1. The SMILES string of the molecule is COC(OC)[C@@]1(C)Oc2ccc([N+](=O)[O-])cc2[C@H](N(Cc2nnn(C)n2)c2ccc(Cl)cc2C)[C@H]1O. The van der Waals surface area contributed by atoms with Crippen molar-refractivity contribution in [1.29, 1.82) is 0 Å². The molecule has 12 nitrogen and oxygen atoms in total. The predicted molar refractivity (Wildman–Crippen MR) is 130 cm³/mol. The number of nitro groups is 1. The number of aromatic nitrogens is 4. The number of halogens is 1. The first-order valence-corrected chi connectivity index (χ1v) is 11.4. The van der Waals surface area contributed by atoms with Crippen molar-refractivity contribution in [2.45, 2.75) is 44.4 Å². The topological polar surface area (TPSA) is 138 Å². The third-order valence-corrected chi connectivity index (χ3v) is 6.54. The van der Waals surface area contributed by atoms with Crippen LogP contribution in [0.2, 0.25) is 5.02 Å². The highest BCUT2D eigenvalue weighted by atomic mass is 35.5. The van der Waals surface area contributed by atoms with E-state index in [1.165, 1.54) is 37.2 Å². The molecule has 0 saturated carbocycles. The summed E-state index contributed by atoms with van der Waals surface area (Å²) in [5.74, 6) is 0.732. The van der Waals surface area contributed by atoms with Crippen LogP contribution in [0.5, 0.6) is 5.75 Å². The second kappa shape index (κ2) is 9.97. The van der Waals surface area contributed by atoms with Gasteiger partial charge in [-0.1, -0.05) is 11.6 Å². The molecule has 1 aromatic heterocycles. The highest BCUT2D eigenvalue weighted by Crippen LogP contribution is 2.48. The fourth-order valence-electron chi connectivity index (χ4n) is 4.66. The molecule has 3 aromatic rings. The Morgan fingerprint density at radius 1 is 1.31 bits per heavy atom. The number of methoxy groups -OCH3 is 2. The van der Waals surface area contributed by atoms with Crippen LogP contribution in [0.3, 0.4) is 0 Å². The van der Waals surface area contributed by atoms with Gasteiger partial charge in [-0.05, 0) is 48.9 Å². The molecular formula is C23H27ClN6O6. The lowest BCUT2D eigenvalue weighted by molar-refractivity contribution is -0.385. The third-order valence-electron chi connectivity index (χ3n) is 6.30. The van der Waals surface area contributed by atoms with Gasteiger partial charge in [0.2, 0.25) is 0 Å². The summed E-state index contributed by atoms with van der Waals surface area (Å²) in [6, 6.07) is 8.75. The van der Waals surface area contributed by atoms with Crippen molar-refractivity contribution in [2.24, 2.45) is 7.05 Å². The van der Waals surface area contributed by atoms with E-state index in [4.69, 9.17) is 25.8 Å². The molecule has 0 spiro atoms.